The number of hydrogen-bond acceptors (Lipinski definition) is 4. The molecule has 2 rings (SSSR count). The molecule has 1 aliphatic rings. The average molecular weight is 312 g/mol. The van der Waals surface area contributed by atoms with Crippen LogP contribution in [0.3, 0.4) is 0 Å². The molecule has 1 aromatic carbocycles. The first-order chi connectivity index (χ1) is 9.91. The highest BCUT2D eigenvalue weighted by molar-refractivity contribution is 6.31. The van der Waals surface area contributed by atoms with Gasteiger partial charge in [0.05, 0.1) is 4.92 Å². The highest BCUT2D eigenvalue weighted by Gasteiger charge is 2.28. The highest BCUT2D eigenvalue weighted by atomic mass is 35.5. The van der Waals surface area contributed by atoms with Gasteiger partial charge in [-0.25, -0.2) is 0 Å². The molecule has 0 unspecified atom stereocenters. The maximum absolute atomic E-state index is 12.2. The molecular formula is C14H18ClN3O3. The van der Waals surface area contributed by atoms with Crippen LogP contribution in [0.5, 0.6) is 0 Å². The Kier molecular flexibility index (Phi) is 4.80. The van der Waals surface area contributed by atoms with Gasteiger partial charge >= 0.3 is 0 Å². The summed E-state index contributed by atoms with van der Waals surface area (Å²) in [5, 5.41) is 17.3. The Morgan fingerprint density at radius 2 is 2.14 bits per heavy atom. The van der Waals surface area contributed by atoms with Gasteiger partial charge in [0.25, 0.3) is 11.6 Å². The summed E-state index contributed by atoms with van der Waals surface area (Å²) in [6, 6.07) is 4.07. The number of nitrogens with one attached hydrogen (secondary N) is 2. The van der Waals surface area contributed by atoms with Crippen LogP contribution in [0.2, 0.25) is 5.02 Å². The van der Waals surface area contributed by atoms with E-state index in [-0.39, 0.29) is 21.7 Å². The van der Waals surface area contributed by atoms with E-state index >= 15 is 0 Å². The summed E-state index contributed by atoms with van der Waals surface area (Å²) < 4.78 is 0. The van der Waals surface area contributed by atoms with Crippen molar-refractivity contribution < 1.29 is 9.72 Å². The molecule has 1 amide bonds. The Hall–Kier alpha value is -1.66. The minimum Gasteiger partial charge on any atom is -0.351 e. The fourth-order valence-electron chi connectivity index (χ4n) is 2.44. The Morgan fingerprint density at radius 1 is 1.48 bits per heavy atom. The smallest absolute Gasteiger partial charge is 0.283 e. The number of amides is 1. The number of halogens is 1. The zero-order chi connectivity index (χ0) is 15.5. The lowest BCUT2D eigenvalue weighted by atomic mass is 9.81. The number of nitrogens with zero attached hydrogens (tertiary/aromatic N) is 1. The summed E-state index contributed by atoms with van der Waals surface area (Å²) in [5.41, 5.74) is -0.195. The number of hydrogen-bond donors (Lipinski definition) is 2. The molecule has 1 fully saturated rings. The number of rotatable bonds is 4. The van der Waals surface area contributed by atoms with Gasteiger partial charge in [0.2, 0.25) is 0 Å². The molecule has 7 heteroatoms. The zero-order valence-corrected chi connectivity index (χ0v) is 12.6. The first-order valence-corrected chi connectivity index (χ1v) is 7.22. The maximum atomic E-state index is 12.2. The van der Waals surface area contributed by atoms with E-state index in [1.54, 1.807) is 0 Å². The number of carbonyl (C=O) groups excluding carboxylic acids is 1. The molecule has 1 aliphatic heterocycles. The van der Waals surface area contributed by atoms with Crippen LogP contribution in [0.4, 0.5) is 5.69 Å². The number of piperidine rings is 1. The van der Waals surface area contributed by atoms with Crippen molar-refractivity contribution in [1.29, 1.82) is 0 Å². The Labute approximate surface area is 128 Å². The molecule has 0 aliphatic carbocycles. The molecular weight excluding hydrogens is 294 g/mol. The fraction of sp³-hybridized carbons (Fsp3) is 0.500. The van der Waals surface area contributed by atoms with Gasteiger partial charge in [-0.2, -0.15) is 0 Å². The van der Waals surface area contributed by atoms with E-state index in [1.807, 2.05) is 0 Å². The van der Waals surface area contributed by atoms with E-state index in [4.69, 9.17) is 11.6 Å². The lowest BCUT2D eigenvalue weighted by Gasteiger charge is -2.34. The second-order valence-electron chi connectivity index (χ2n) is 5.66. The van der Waals surface area contributed by atoms with Gasteiger partial charge in [0.15, 0.2) is 0 Å². The second-order valence-corrected chi connectivity index (χ2v) is 6.10. The van der Waals surface area contributed by atoms with E-state index in [0.29, 0.717) is 6.54 Å². The average Bonchev–Trinajstić information content (AvgIpc) is 2.45. The first kappa shape index (κ1) is 15.7. The molecule has 0 radical (unpaired) electrons. The first-order valence-electron chi connectivity index (χ1n) is 6.84. The molecule has 0 atom stereocenters. The SMILES string of the molecule is CC1(CNC(=O)c2ccc(Cl)cc2[N+](=O)[O-])CCNCC1. The third-order valence-electron chi connectivity index (χ3n) is 3.89. The second kappa shape index (κ2) is 6.41. The predicted molar refractivity (Wildman–Crippen MR) is 80.7 cm³/mol. The van der Waals surface area contributed by atoms with Crippen molar-refractivity contribution in [2.24, 2.45) is 5.41 Å². The van der Waals surface area contributed by atoms with E-state index < -0.39 is 10.8 Å². The van der Waals surface area contributed by atoms with Crippen LogP contribution in [0.15, 0.2) is 18.2 Å². The van der Waals surface area contributed by atoms with Gasteiger partial charge < -0.3 is 10.6 Å². The zero-order valence-electron chi connectivity index (χ0n) is 11.8. The van der Waals surface area contributed by atoms with Crippen LogP contribution >= 0.6 is 11.6 Å². The van der Waals surface area contributed by atoms with E-state index in [1.165, 1.54) is 18.2 Å². The molecule has 0 aromatic heterocycles. The van der Waals surface area contributed by atoms with Crippen LogP contribution in [0.1, 0.15) is 30.1 Å². The molecule has 1 saturated heterocycles. The van der Waals surface area contributed by atoms with Crippen molar-refractivity contribution in [2.45, 2.75) is 19.8 Å². The molecule has 1 heterocycles. The van der Waals surface area contributed by atoms with Crippen molar-refractivity contribution in [3.05, 3.63) is 38.9 Å². The van der Waals surface area contributed by atoms with E-state index in [2.05, 4.69) is 17.6 Å². The van der Waals surface area contributed by atoms with Gasteiger partial charge in [-0.3, -0.25) is 14.9 Å². The van der Waals surface area contributed by atoms with Gasteiger partial charge in [0, 0.05) is 17.6 Å². The van der Waals surface area contributed by atoms with Gasteiger partial charge in [-0.1, -0.05) is 18.5 Å². The number of benzene rings is 1. The molecule has 2 N–H and O–H groups in total. The molecule has 0 bridgehead atoms. The third-order valence-corrected chi connectivity index (χ3v) is 4.12. The minimum atomic E-state index is -0.590. The van der Waals surface area contributed by atoms with E-state index in [0.717, 1.165) is 25.9 Å². The highest BCUT2D eigenvalue weighted by Crippen LogP contribution is 2.27. The van der Waals surface area contributed by atoms with Crippen molar-refractivity contribution in [3.8, 4) is 0 Å². The van der Waals surface area contributed by atoms with Crippen molar-refractivity contribution >= 4 is 23.2 Å². The third kappa shape index (κ3) is 3.92. The van der Waals surface area contributed by atoms with Gasteiger partial charge in [-0.05, 0) is 43.5 Å². The van der Waals surface area contributed by atoms with Crippen LogP contribution in [-0.2, 0) is 0 Å². The molecule has 21 heavy (non-hydrogen) atoms. The molecule has 0 spiro atoms. The van der Waals surface area contributed by atoms with Gasteiger partial charge in [0.1, 0.15) is 5.56 Å². The number of carbonyl (C=O) groups is 1. The van der Waals surface area contributed by atoms with Crippen LogP contribution in [-0.4, -0.2) is 30.5 Å². The molecule has 6 nitrogen and oxygen atoms in total. The quantitative estimate of drug-likeness (QED) is 0.660. The number of nitro benzene ring substituents is 1. The molecule has 114 valence electrons. The lowest BCUT2D eigenvalue weighted by Crippen LogP contribution is -2.43. The standard InChI is InChI=1S/C14H18ClN3O3/c1-14(4-6-16-7-5-14)9-17-13(19)11-3-2-10(15)8-12(11)18(20)21/h2-3,8,16H,4-7,9H2,1H3,(H,17,19). The number of nitro groups is 1. The summed E-state index contributed by atoms with van der Waals surface area (Å²) in [6.07, 6.45) is 1.94. The van der Waals surface area contributed by atoms with Crippen LogP contribution in [0, 0.1) is 15.5 Å². The molecule has 1 aromatic rings. The normalized spacial score (nSPS) is 17.2. The van der Waals surface area contributed by atoms with Crippen LogP contribution in [0.25, 0.3) is 0 Å². The minimum absolute atomic E-state index is 0.0299. The Morgan fingerprint density at radius 3 is 2.76 bits per heavy atom. The summed E-state index contributed by atoms with van der Waals surface area (Å²) in [7, 11) is 0. The Bertz CT molecular complexity index is 556. The monoisotopic (exact) mass is 311 g/mol. The summed E-state index contributed by atoms with van der Waals surface area (Å²) in [5.74, 6) is -0.432. The molecule has 0 saturated carbocycles. The largest absolute Gasteiger partial charge is 0.351 e. The topological polar surface area (TPSA) is 84.3 Å². The van der Waals surface area contributed by atoms with Gasteiger partial charge in [-0.15, -0.1) is 0 Å². The van der Waals surface area contributed by atoms with E-state index in [9.17, 15) is 14.9 Å². The maximum Gasteiger partial charge on any atom is 0.283 e. The van der Waals surface area contributed by atoms with Crippen LogP contribution < -0.4 is 10.6 Å². The van der Waals surface area contributed by atoms with Crippen molar-refractivity contribution in [1.82, 2.24) is 10.6 Å². The van der Waals surface area contributed by atoms with Crippen molar-refractivity contribution in [3.63, 3.8) is 0 Å². The summed E-state index contributed by atoms with van der Waals surface area (Å²) >= 11 is 5.74. The summed E-state index contributed by atoms with van der Waals surface area (Å²) in [4.78, 5) is 22.6. The van der Waals surface area contributed by atoms with Crippen molar-refractivity contribution in [2.75, 3.05) is 19.6 Å². The lowest BCUT2D eigenvalue weighted by molar-refractivity contribution is -0.385. The Balaban J connectivity index is 2.08. The predicted octanol–water partition coefficient (Wildman–Crippen LogP) is 2.37. The fourth-order valence-corrected chi connectivity index (χ4v) is 2.61. The summed E-state index contributed by atoms with van der Waals surface area (Å²) in [6.45, 7) is 4.47.